The van der Waals surface area contributed by atoms with E-state index in [1.807, 2.05) is 12.1 Å². The molecule has 0 heterocycles. The second-order valence-electron chi connectivity index (χ2n) is 11.4. The van der Waals surface area contributed by atoms with Crippen LogP contribution in [0.1, 0.15) is 90.8 Å². The zero-order valence-corrected chi connectivity index (χ0v) is 28.2. The number of aromatic hydroxyl groups is 1. The Kier molecular flexibility index (Phi) is 12.6. The van der Waals surface area contributed by atoms with Crippen LogP contribution in [-0.4, -0.2) is 5.11 Å². The molecule has 1 nitrogen and oxygen atoms in total. The molecule has 1 aliphatic carbocycles. The van der Waals surface area contributed by atoms with Gasteiger partial charge in [0.25, 0.3) is 0 Å². The molecule has 3 aromatic carbocycles. The minimum atomic E-state index is -0.556. The molecule has 4 rings (SSSR count). The summed E-state index contributed by atoms with van der Waals surface area (Å²) >= 11 is -0.556. The Hall–Kier alpha value is -1.77. The number of hydrogen-bond donors (Lipinski definition) is 1. The molecule has 0 atom stereocenters. The van der Waals surface area contributed by atoms with Crippen LogP contribution in [0.4, 0.5) is 0 Å². The normalized spacial score (nSPS) is 13.9. The minimum absolute atomic E-state index is 0.189. The van der Waals surface area contributed by atoms with E-state index in [0.717, 1.165) is 27.8 Å². The van der Waals surface area contributed by atoms with Gasteiger partial charge in [0.05, 0.1) is 0 Å². The quantitative estimate of drug-likeness (QED) is 0.234. The maximum absolute atomic E-state index is 11.2. The zero-order chi connectivity index (χ0) is 29.5. The van der Waals surface area contributed by atoms with Gasteiger partial charge >= 0.3 is 35.6 Å². The molecular formula is C35H43Cl2OTi-. The van der Waals surface area contributed by atoms with Gasteiger partial charge in [-0.15, -0.1) is 6.92 Å². The number of phenolic OH excluding ortho intramolecular Hbond substituents is 1. The fourth-order valence-electron chi connectivity index (χ4n) is 5.09. The predicted octanol–water partition coefficient (Wildman–Crippen LogP) is 11.8. The van der Waals surface area contributed by atoms with E-state index in [2.05, 4.69) is 124 Å². The second-order valence-corrected chi connectivity index (χ2v) is 14.0. The van der Waals surface area contributed by atoms with Crippen molar-refractivity contribution in [2.45, 2.75) is 81.1 Å². The summed E-state index contributed by atoms with van der Waals surface area (Å²) in [7, 11) is 9.78. The molecule has 1 N–H and O–H groups in total. The molecule has 0 aromatic heterocycles. The first-order valence-corrected chi connectivity index (χ1v) is 17.8. The molecule has 0 amide bonds. The Morgan fingerprint density at radius 1 is 0.718 bits per heavy atom. The van der Waals surface area contributed by atoms with Gasteiger partial charge in [0.2, 0.25) is 0 Å². The molecule has 0 saturated carbocycles. The number of hydrogen-bond acceptors (Lipinski definition) is 1. The Balaban J connectivity index is 0.000000341. The van der Waals surface area contributed by atoms with E-state index in [-0.39, 0.29) is 5.41 Å². The Bertz CT molecular complexity index is 1260. The van der Waals surface area contributed by atoms with Crippen LogP contribution in [-0.2, 0) is 17.0 Å². The average molecular weight is 599 g/mol. The SMILES string of the molecule is CC1=[C-]C(C)(C)C(C)=C1C.Cc1cc(-c2ccccc2C(C)C)c(O)c(-c2ccccc2C(C)C)c1.[Cl][Ti][Cl]. The van der Waals surface area contributed by atoms with E-state index >= 15 is 0 Å². The van der Waals surface area contributed by atoms with Gasteiger partial charge in [0, 0.05) is 11.1 Å². The molecule has 1 aliphatic rings. The van der Waals surface area contributed by atoms with Crippen molar-refractivity contribution in [2.24, 2.45) is 5.41 Å². The average Bonchev–Trinajstić information content (AvgIpc) is 3.06. The van der Waals surface area contributed by atoms with E-state index in [0.29, 0.717) is 17.6 Å². The van der Waals surface area contributed by atoms with Crippen LogP contribution >= 0.6 is 18.6 Å². The van der Waals surface area contributed by atoms with Gasteiger partial charge in [-0.1, -0.05) is 109 Å². The monoisotopic (exact) mass is 597 g/mol. The fourth-order valence-corrected chi connectivity index (χ4v) is 5.09. The van der Waals surface area contributed by atoms with Crippen molar-refractivity contribution in [3.8, 4) is 28.0 Å². The molecule has 0 aliphatic heterocycles. The topological polar surface area (TPSA) is 20.2 Å². The van der Waals surface area contributed by atoms with E-state index in [4.69, 9.17) is 18.6 Å². The molecule has 208 valence electrons. The van der Waals surface area contributed by atoms with Crippen molar-refractivity contribution < 1.29 is 22.1 Å². The summed E-state index contributed by atoms with van der Waals surface area (Å²) in [6.45, 7) is 21.8. The van der Waals surface area contributed by atoms with E-state index < -0.39 is 17.0 Å². The summed E-state index contributed by atoms with van der Waals surface area (Å²) in [5.41, 5.74) is 12.1. The third-order valence-corrected chi connectivity index (χ3v) is 7.56. The summed E-state index contributed by atoms with van der Waals surface area (Å²) in [5.74, 6) is 1.17. The van der Waals surface area contributed by atoms with Crippen molar-refractivity contribution in [3.05, 3.63) is 100 Å². The van der Waals surface area contributed by atoms with Crippen molar-refractivity contribution in [3.63, 3.8) is 0 Å². The number of halogens is 2. The first kappa shape index (κ1) is 33.4. The molecular weight excluding hydrogens is 555 g/mol. The van der Waals surface area contributed by atoms with Gasteiger partial charge in [0.15, 0.2) is 0 Å². The number of rotatable bonds is 4. The van der Waals surface area contributed by atoms with Gasteiger partial charge in [-0.05, 0) is 58.7 Å². The third-order valence-electron chi connectivity index (χ3n) is 7.56. The molecule has 0 unspecified atom stereocenters. The molecule has 0 spiro atoms. The third kappa shape index (κ3) is 8.37. The first-order valence-electron chi connectivity index (χ1n) is 13.5. The van der Waals surface area contributed by atoms with Crippen LogP contribution in [0, 0.1) is 18.4 Å². The predicted molar refractivity (Wildman–Crippen MR) is 168 cm³/mol. The van der Waals surface area contributed by atoms with Gasteiger partial charge < -0.3 is 5.11 Å². The van der Waals surface area contributed by atoms with Gasteiger partial charge in [-0.3, -0.25) is 6.08 Å². The van der Waals surface area contributed by atoms with Crippen molar-refractivity contribution in [1.82, 2.24) is 0 Å². The number of benzene rings is 3. The number of phenols is 1. The standard InChI is InChI=1S/C25H28O.C10H15.2ClH.Ti/c1-16(2)19-10-6-8-12-21(19)23-14-18(5)15-24(25(23)26)22-13-9-7-11-20(22)17(3)4;1-7-6-10(4,5)9(3)8(7)2;;;/h6-17,26H,1-5H3;1-5H3;2*1H;/q;-1;;;+2/p-2. The number of aryl methyl sites for hydroxylation is 1. The van der Waals surface area contributed by atoms with Crippen LogP contribution < -0.4 is 0 Å². The van der Waals surface area contributed by atoms with Crippen LogP contribution in [0.15, 0.2) is 77.4 Å². The van der Waals surface area contributed by atoms with Crippen molar-refractivity contribution in [1.29, 1.82) is 0 Å². The summed E-state index contributed by atoms with van der Waals surface area (Å²) in [6.07, 6.45) is 3.44. The van der Waals surface area contributed by atoms with Crippen LogP contribution in [0.2, 0.25) is 0 Å². The Morgan fingerprint density at radius 3 is 1.38 bits per heavy atom. The summed E-state index contributed by atoms with van der Waals surface area (Å²) < 4.78 is 0. The fraction of sp³-hybridized carbons (Fsp3) is 0.371. The molecule has 3 aromatic rings. The van der Waals surface area contributed by atoms with Crippen LogP contribution in [0.3, 0.4) is 0 Å². The molecule has 39 heavy (non-hydrogen) atoms. The van der Waals surface area contributed by atoms with Crippen molar-refractivity contribution in [2.75, 3.05) is 0 Å². The molecule has 0 bridgehead atoms. The summed E-state index contributed by atoms with van der Waals surface area (Å²) in [4.78, 5) is 0. The van der Waals surface area contributed by atoms with Crippen LogP contribution in [0.5, 0.6) is 5.75 Å². The first-order chi connectivity index (χ1) is 18.3. The Morgan fingerprint density at radius 2 is 1.10 bits per heavy atom. The molecule has 0 fully saturated rings. The summed E-state index contributed by atoms with van der Waals surface area (Å²) in [6, 6.07) is 21.0. The van der Waals surface area contributed by atoms with Crippen LogP contribution in [0.25, 0.3) is 22.3 Å². The van der Waals surface area contributed by atoms with Gasteiger partial charge in [-0.25, -0.2) is 5.57 Å². The summed E-state index contributed by atoms with van der Waals surface area (Å²) in [5, 5.41) is 11.2. The van der Waals surface area contributed by atoms with Gasteiger partial charge in [-0.2, -0.15) is 11.1 Å². The molecule has 4 heteroatoms. The maximum atomic E-state index is 11.2. The van der Waals surface area contributed by atoms with E-state index in [1.165, 1.54) is 27.8 Å². The van der Waals surface area contributed by atoms with E-state index in [1.54, 1.807) is 0 Å². The van der Waals surface area contributed by atoms with Gasteiger partial charge in [0.1, 0.15) is 5.75 Å². The van der Waals surface area contributed by atoms with E-state index in [9.17, 15) is 5.11 Å². The second kappa shape index (κ2) is 14.7. The molecule has 0 saturated heterocycles. The Labute approximate surface area is 254 Å². The number of allylic oxidation sites excluding steroid dienone is 4. The van der Waals surface area contributed by atoms with Crippen molar-refractivity contribution >= 4 is 18.6 Å². The zero-order valence-electron chi connectivity index (χ0n) is 25.1. The molecule has 0 radical (unpaired) electrons.